The fraction of sp³-hybridized carbons (Fsp3) is 0. The van der Waals surface area contributed by atoms with Gasteiger partial charge in [-0.3, -0.25) is 0 Å². The molecule has 0 bridgehead atoms. The first-order valence-corrected chi connectivity index (χ1v) is 13.1. The molecule has 1 aliphatic rings. The molecule has 2 heterocycles. The van der Waals surface area contributed by atoms with E-state index < -0.39 is 0 Å². The van der Waals surface area contributed by atoms with E-state index in [1.165, 1.54) is 70.3 Å². The van der Waals surface area contributed by atoms with Crippen molar-refractivity contribution >= 4 is 44.3 Å². The normalized spacial score (nSPS) is 12.3. The second-order valence-electron chi connectivity index (χ2n) is 9.36. The third kappa shape index (κ3) is 2.79. The smallest absolute Gasteiger partial charge is 0.0541 e. The lowest BCUT2D eigenvalue weighted by Gasteiger charge is -2.23. The summed E-state index contributed by atoms with van der Waals surface area (Å²) >= 11 is 1.88. The number of benzene rings is 6. The topological polar surface area (TPSA) is 4.93 Å². The molecular weight excluding hydrogens is 454 g/mol. The Balaban J connectivity index is 1.40. The van der Waals surface area contributed by atoms with Gasteiger partial charge in [-0.2, -0.15) is 0 Å². The molecule has 0 fully saturated rings. The average Bonchev–Trinajstić information content (AvgIpc) is 3.28. The van der Waals surface area contributed by atoms with Gasteiger partial charge in [0.1, 0.15) is 0 Å². The fourth-order valence-electron chi connectivity index (χ4n) is 5.83. The van der Waals surface area contributed by atoms with Crippen molar-refractivity contribution in [3.05, 3.63) is 127 Å². The first-order chi connectivity index (χ1) is 17.9. The van der Waals surface area contributed by atoms with Gasteiger partial charge in [-0.1, -0.05) is 103 Å². The summed E-state index contributed by atoms with van der Waals surface area (Å²) in [5, 5.41) is 5.26. The van der Waals surface area contributed by atoms with Crippen LogP contribution in [0.4, 0.5) is 0 Å². The highest BCUT2D eigenvalue weighted by Crippen LogP contribution is 2.50. The standard InChI is InChI=1S/C34H21NS/c1-2-9-22(10-3-1)24-18-20-33-34-27(24)13-8-14-28(34)29-21-23(17-19-32(29)36-33)35-30-15-6-4-11-25(30)26-12-5-7-16-31(26)35/h1-21H. The number of hydrogen-bond donors (Lipinski definition) is 0. The molecule has 0 unspecified atom stereocenters. The zero-order valence-corrected chi connectivity index (χ0v) is 20.3. The van der Waals surface area contributed by atoms with E-state index >= 15 is 0 Å². The number of hydrogen-bond acceptors (Lipinski definition) is 1. The van der Waals surface area contributed by atoms with Crippen LogP contribution >= 0.6 is 11.8 Å². The second-order valence-corrected chi connectivity index (χ2v) is 10.4. The van der Waals surface area contributed by atoms with Gasteiger partial charge in [0.15, 0.2) is 0 Å². The molecule has 1 aliphatic heterocycles. The van der Waals surface area contributed by atoms with E-state index in [-0.39, 0.29) is 0 Å². The molecule has 0 saturated heterocycles. The van der Waals surface area contributed by atoms with Crippen LogP contribution in [0.1, 0.15) is 0 Å². The van der Waals surface area contributed by atoms with Gasteiger partial charge < -0.3 is 4.57 Å². The molecule has 0 N–H and O–H groups in total. The predicted octanol–water partition coefficient (Wildman–Crippen LogP) is 9.74. The van der Waals surface area contributed by atoms with Gasteiger partial charge in [0.05, 0.1) is 11.0 Å². The lowest BCUT2D eigenvalue weighted by atomic mass is 9.92. The van der Waals surface area contributed by atoms with Crippen molar-refractivity contribution in [2.45, 2.75) is 9.79 Å². The Morgan fingerprint density at radius 1 is 0.444 bits per heavy atom. The van der Waals surface area contributed by atoms with Gasteiger partial charge in [-0.25, -0.2) is 0 Å². The van der Waals surface area contributed by atoms with Crippen LogP contribution in [0.15, 0.2) is 137 Å². The number of para-hydroxylation sites is 2. The summed E-state index contributed by atoms with van der Waals surface area (Å²) < 4.78 is 2.41. The zero-order chi connectivity index (χ0) is 23.6. The Bertz CT molecular complexity index is 1910. The molecule has 0 radical (unpaired) electrons. The van der Waals surface area contributed by atoms with Gasteiger partial charge in [-0.15, -0.1) is 0 Å². The number of aromatic nitrogens is 1. The van der Waals surface area contributed by atoms with Crippen molar-refractivity contribution in [2.75, 3.05) is 0 Å². The third-order valence-corrected chi connectivity index (χ3v) is 8.53. The van der Waals surface area contributed by atoms with Crippen LogP contribution in [0, 0.1) is 0 Å². The third-order valence-electron chi connectivity index (χ3n) is 7.40. The molecule has 168 valence electrons. The van der Waals surface area contributed by atoms with Crippen LogP contribution in [0.2, 0.25) is 0 Å². The molecule has 1 nitrogen and oxygen atoms in total. The molecule has 0 amide bonds. The van der Waals surface area contributed by atoms with Gasteiger partial charge >= 0.3 is 0 Å². The van der Waals surface area contributed by atoms with Gasteiger partial charge in [0.2, 0.25) is 0 Å². The first-order valence-electron chi connectivity index (χ1n) is 12.3. The SMILES string of the molecule is c1ccc(-c2ccc3c4c(cccc24)-c2cc(-n4c5ccccc5c5ccccc54)ccc2S3)cc1. The van der Waals surface area contributed by atoms with Crippen molar-refractivity contribution < 1.29 is 0 Å². The second kappa shape index (κ2) is 7.61. The molecule has 1 aromatic heterocycles. The van der Waals surface area contributed by atoms with E-state index in [4.69, 9.17) is 0 Å². The van der Waals surface area contributed by atoms with Crippen molar-refractivity contribution in [1.82, 2.24) is 4.57 Å². The Hall–Kier alpha value is -4.27. The molecule has 0 spiro atoms. The van der Waals surface area contributed by atoms with Crippen LogP contribution in [0.25, 0.3) is 60.5 Å². The highest BCUT2D eigenvalue weighted by Gasteiger charge is 2.22. The van der Waals surface area contributed by atoms with Crippen LogP contribution in [-0.4, -0.2) is 4.57 Å². The van der Waals surface area contributed by atoms with Crippen molar-refractivity contribution in [2.24, 2.45) is 0 Å². The van der Waals surface area contributed by atoms with Crippen molar-refractivity contribution in [3.8, 4) is 27.9 Å². The lowest BCUT2D eigenvalue weighted by molar-refractivity contribution is 1.17. The van der Waals surface area contributed by atoms with E-state index in [1.54, 1.807) is 0 Å². The highest BCUT2D eigenvalue weighted by atomic mass is 32.2. The Morgan fingerprint density at radius 2 is 1.11 bits per heavy atom. The van der Waals surface area contributed by atoms with E-state index in [0.717, 1.165) is 0 Å². The molecule has 6 aromatic carbocycles. The maximum absolute atomic E-state index is 2.41. The first kappa shape index (κ1) is 20.0. The van der Waals surface area contributed by atoms with E-state index in [1.807, 2.05) is 11.8 Å². The molecular formula is C34H21NS. The molecule has 0 saturated carbocycles. The number of nitrogens with zero attached hydrogens (tertiary/aromatic N) is 1. The lowest BCUT2D eigenvalue weighted by Crippen LogP contribution is -1.98. The summed E-state index contributed by atoms with van der Waals surface area (Å²) in [6.45, 7) is 0. The Kier molecular flexibility index (Phi) is 4.22. The van der Waals surface area contributed by atoms with Crippen LogP contribution in [0.5, 0.6) is 0 Å². The van der Waals surface area contributed by atoms with Crippen LogP contribution in [-0.2, 0) is 0 Å². The summed E-state index contributed by atoms with van der Waals surface area (Å²) in [6, 6.07) is 46.4. The van der Waals surface area contributed by atoms with Crippen LogP contribution in [0.3, 0.4) is 0 Å². The van der Waals surface area contributed by atoms with Gasteiger partial charge in [0, 0.05) is 31.6 Å². The predicted molar refractivity (Wildman–Crippen MR) is 153 cm³/mol. The number of fused-ring (bicyclic) bond motifs is 5. The maximum atomic E-state index is 2.41. The minimum absolute atomic E-state index is 1.20. The van der Waals surface area contributed by atoms with E-state index in [0.29, 0.717) is 0 Å². The molecule has 0 atom stereocenters. The summed E-state index contributed by atoms with van der Waals surface area (Å²) in [7, 11) is 0. The fourth-order valence-corrected chi connectivity index (χ4v) is 6.94. The Labute approximate surface area is 213 Å². The maximum Gasteiger partial charge on any atom is 0.0541 e. The van der Waals surface area contributed by atoms with Gasteiger partial charge in [0.25, 0.3) is 0 Å². The summed E-state index contributed by atoms with van der Waals surface area (Å²) in [5.41, 5.74) is 8.86. The van der Waals surface area contributed by atoms with Crippen molar-refractivity contribution in [1.29, 1.82) is 0 Å². The van der Waals surface area contributed by atoms with E-state index in [9.17, 15) is 0 Å². The molecule has 7 aromatic rings. The Morgan fingerprint density at radius 3 is 1.89 bits per heavy atom. The molecule has 36 heavy (non-hydrogen) atoms. The molecule has 2 heteroatoms. The van der Waals surface area contributed by atoms with Crippen LogP contribution < -0.4 is 0 Å². The zero-order valence-electron chi connectivity index (χ0n) is 19.5. The number of rotatable bonds is 2. The monoisotopic (exact) mass is 475 g/mol. The average molecular weight is 476 g/mol. The summed E-state index contributed by atoms with van der Waals surface area (Å²) in [5.74, 6) is 0. The quantitative estimate of drug-likeness (QED) is 0.241. The van der Waals surface area contributed by atoms with Crippen molar-refractivity contribution in [3.63, 3.8) is 0 Å². The summed E-state index contributed by atoms with van der Waals surface area (Å²) in [4.78, 5) is 2.64. The minimum Gasteiger partial charge on any atom is -0.309 e. The largest absolute Gasteiger partial charge is 0.309 e. The van der Waals surface area contributed by atoms with Gasteiger partial charge in [-0.05, 0) is 64.0 Å². The summed E-state index contributed by atoms with van der Waals surface area (Å²) in [6.07, 6.45) is 0. The minimum atomic E-state index is 1.20. The molecule has 8 rings (SSSR count). The highest BCUT2D eigenvalue weighted by molar-refractivity contribution is 7.99. The molecule has 0 aliphatic carbocycles. The van der Waals surface area contributed by atoms with E-state index in [2.05, 4.69) is 132 Å².